The van der Waals surface area contributed by atoms with E-state index in [2.05, 4.69) is 20.8 Å². The van der Waals surface area contributed by atoms with E-state index in [0.29, 0.717) is 0 Å². The van der Waals surface area contributed by atoms with Gasteiger partial charge in [-0.25, -0.2) is 0 Å². The quantitative estimate of drug-likeness (QED) is 0.714. The maximum absolute atomic E-state index is 7.00. The predicted molar refractivity (Wildman–Crippen MR) is 65.0 cm³/mol. The zero-order valence-electron chi connectivity index (χ0n) is 10.9. The molecule has 0 radical (unpaired) electrons. The molecular formula is C13H28O2. The van der Waals surface area contributed by atoms with E-state index >= 15 is 0 Å². The van der Waals surface area contributed by atoms with Crippen molar-refractivity contribution in [1.82, 2.24) is 0 Å². The normalized spacial score (nSPS) is 29.8. The second-order valence-electron chi connectivity index (χ2n) is 4.85. The Morgan fingerprint density at radius 2 is 2.00 bits per heavy atom. The van der Waals surface area contributed by atoms with Gasteiger partial charge in [0, 0.05) is 13.7 Å². The lowest BCUT2D eigenvalue weighted by atomic mass is 10.0. The number of aliphatic hydroxyl groups excluding tert-OH is 1. The average Bonchev–Trinajstić information content (AvgIpc) is 2.57. The number of unbranched alkanes of at least 4 members (excludes halogenated alkanes) is 2. The van der Waals surface area contributed by atoms with Crippen LogP contribution >= 0.6 is 0 Å². The Balaban J connectivity index is 0.000000921. The topological polar surface area (TPSA) is 29.5 Å². The van der Waals surface area contributed by atoms with Gasteiger partial charge in [-0.15, -0.1) is 0 Å². The fourth-order valence-corrected chi connectivity index (χ4v) is 2.29. The molecule has 2 unspecified atom stereocenters. The molecule has 2 atom stereocenters. The van der Waals surface area contributed by atoms with Crippen LogP contribution in [0.1, 0.15) is 59.3 Å². The van der Waals surface area contributed by atoms with Crippen molar-refractivity contribution in [3.05, 3.63) is 0 Å². The minimum Gasteiger partial charge on any atom is -0.400 e. The standard InChI is InChI=1S/C12H24O.CH4O/c1-4-5-6-9-13-12(3)8-7-11(2)10-12;1-2/h11H,4-10H2,1-3H3;2H,1H3. The number of hydrogen-bond acceptors (Lipinski definition) is 2. The summed E-state index contributed by atoms with van der Waals surface area (Å²) in [5, 5.41) is 7.00. The number of aliphatic hydroxyl groups is 1. The highest BCUT2D eigenvalue weighted by Gasteiger charge is 2.33. The van der Waals surface area contributed by atoms with E-state index in [1.807, 2.05) is 0 Å². The average molecular weight is 216 g/mol. The van der Waals surface area contributed by atoms with Crippen LogP contribution in [0.3, 0.4) is 0 Å². The highest BCUT2D eigenvalue weighted by atomic mass is 16.5. The van der Waals surface area contributed by atoms with Crippen molar-refractivity contribution >= 4 is 0 Å². The molecule has 0 heterocycles. The van der Waals surface area contributed by atoms with E-state index in [-0.39, 0.29) is 5.60 Å². The van der Waals surface area contributed by atoms with Crippen LogP contribution in [0.25, 0.3) is 0 Å². The summed E-state index contributed by atoms with van der Waals surface area (Å²) in [5.74, 6) is 0.871. The summed E-state index contributed by atoms with van der Waals surface area (Å²) in [7, 11) is 1.00. The van der Waals surface area contributed by atoms with E-state index in [1.165, 1.54) is 38.5 Å². The predicted octanol–water partition coefficient (Wildman–Crippen LogP) is 3.38. The number of hydrogen-bond donors (Lipinski definition) is 1. The van der Waals surface area contributed by atoms with Crippen LogP contribution < -0.4 is 0 Å². The molecule has 0 saturated heterocycles. The summed E-state index contributed by atoms with van der Waals surface area (Å²) < 4.78 is 5.96. The third-order valence-corrected chi connectivity index (χ3v) is 3.14. The molecule has 2 nitrogen and oxygen atoms in total. The van der Waals surface area contributed by atoms with E-state index in [1.54, 1.807) is 0 Å². The Bertz CT molecular complexity index is 147. The molecule has 1 N–H and O–H groups in total. The molecule has 0 aromatic heterocycles. The summed E-state index contributed by atoms with van der Waals surface area (Å²) in [6, 6.07) is 0. The van der Waals surface area contributed by atoms with Gasteiger partial charge in [-0.2, -0.15) is 0 Å². The molecule has 0 aliphatic heterocycles. The van der Waals surface area contributed by atoms with E-state index < -0.39 is 0 Å². The molecule has 92 valence electrons. The second kappa shape index (κ2) is 8.12. The Kier molecular flexibility index (Phi) is 8.07. The molecule has 1 fully saturated rings. The summed E-state index contributed by atoms with van der Waals surface area (Å²) in [4.78, 5) is 0. The van der Waals surface area contributed by atoms with Gasteiger partial charge in [0.15, 0.2) is 0 Å². The minimum atomic E-state index is 0.215. The summed E-state index contributed by atoms with van der Waals surface area (Å²) >= 11 is 0. The third-order valence-electron chi connectivity index (χ3n) is 3.14. The molecule has 0 bridgehead atoms. The van der Waals surface area contributed by atoms with Crippen LogP contribution in [0.2, 0.25) is 0 Å². The molecule has 15 heavy (non-hydrogen) atoms. The van der Waals surface area contributed by atoms with Crippen LogP contribution in [-0.4, -0.2) is 24.4 Å². The third kappa shape index (κ3) is 6.16. The number of rotatable bonds is 5. The van der Waals surface area contributed by atoms with Crippen molar-refractivity contribution in [2.75, 3.05) is 13.7 Å². The summed E-state index contributed by atoms with van der Waals surface area (Å²) in [6.07, 6.45) is 7.71. The zero-order valence-corrected chi connectivity index (χ0v) is 10.9. The second-order valence-corrected chi connectivity index (χ2v) is 4.85. The maximum Gasteiger partial charge on any atom is 0.0657 e. The SMILES string of the molecule is CCCCCOC1(C)CCC(C)C1.CO. The van der Waals surface area contributed by atoms with Crippen molar-refractivity contribution in [1.29, 1.82) is 0 Å². The highest BCUT2D eigenvalue weighted by molar-refractivity contribution is 4.85. The van der Waals surface area contributed by atoms with Crippen LogP contribution in [0.15, 0.2) is 0 Å². The first-order valence-electron chi connectivity index (χ1n) is 6.25. The molecule has 0 amide bonds. The highest BCUT2D eigenvalue weighted by Crippen LogP contribution is 2.36. The van der Waals surface area contributed by atoms with Gasteiger partial charge in [-0.1, -0.05) is 26.7 Å². The zero-order chi connectivity index (χ0) is 11.7. The van der Waals surface area contributed by atoms with Crippen LogP contribution in [0, 0.1) is 5.92 Å². The first kappa shape index (κ1) is 14.9. The van der Waals surface area contributed by atoms with E-state index in [0.717, 1.165) is 19.6 Å². The summed E-state index contributed by atoms with van der Waals surface area (Å²) in [5.41, 5.74) is 0.215. The summed E-state index contributed by atoms with van der Waals surface area (Å²) in [6.45, 7) is 7.82. The van der Waals surface area contributed by atoms with Gasteiger partial charge in [0.25, 0.3) is 0 Å². The van der Waals surface area contributed by atoms with Gasteiger partial charge in [0.1, 0.15) is 0 Å². The van der Waals surface area contributed by atoms with Gasteiger partial charge < -0.3 is 9.84 Å². The molecule has 2 heteroatoms. The largest absolute Gasteiger partial charge is 0.400 e. The van der Waals surface area contributed by atoms with Gasteiger partial charge in [-0.05, 0) is 38.5 Å². The molecule has 0 aromatic carbocycles. The van der Waals surface area contributed by atoms with Crippen molar-refractivity contribution in [2.24, 2.45) is 5.92 Å². The minimum absolute atomic E-state index is 0.215. The molecule has 0 aromatic rings. The van der Waals surface area contributed by atoms with Crippen LogP contribution in [-0.2, 0) is 4.74 Å². The smallest absolute Gasteiger partial charge is 0.0657 e. The maximum atomic E-state index is 7.00. The molecule has 0 spiro atoms. The Labute approximate surface area is 95.0 Å². The fraction of sp³-hybridized carbons (Fsp3) is 1.00. The van der Waals surface area contributed by atoms with Crippen molar-refractivity contribution < 1.29 is 9.84 Å². The molecular weight excluding hydrogens is 188 g/mol. The van der Waals surface area contributed by atoms with Crippen LogP contribution in [0.5, 0.6) is 0 Å². The lowest BCUT2D eigenvalue weighted by Crippen LogP contribution is -2.25. The molecule has 1 aliphatic carbocycles. The monoisotopic (exact) mass is 216 g/mol. The van der Waals surface area contributed by atoms with Gasteiger partial charge >= 0.3 is 0 Å². The first-order valence-corrected chi connectivity index (χ1v) is 6.25. The Hall–Kier alpha value is -0.0800. The molecule has 1 aliphatic rings. The van der Waals surface area contributed by atoms with Crippen molar-refractivity contribution in [3.8, 4) is 0 Å². The van der Waals surface area contributed by atoms with Crippen molar-refractivity contribution in [2.45, 2.75) is 64.9 Å². The number of ether oxygens (including phenoxy) is 1. The van der Waals surface area contributed by atoms with Gasteiger partial charge in [0.2, 0.25) is 0 Å². The van der Waals surface area contributed by atoms with E-state index in [4.69, 9.17) is 9.84 Å². The van der Waals surface area contributed by atoms with Crippen LogP contribution in [0.4, 0.5) is 0 Å². The lowest BCUT2D eigenvalue weighted by molar-refractivity contribution is -0.0300. The first-order chi connectivity index (χ1) is 7.16. The lowest BCUT2D eigenvalue weighted by Gasteiger charge is -2.24. The van der Waals surface area contributed by atoms with Gasteiger partial charge in [0.05, 0.1) is 5.60 Å². The van der Waals surface area contributed by atoms with Gasteiger partial charge in [-0.3, -0.25) is 0 Å². The van der Waals surface area contributed by atoms with Crippen molar-refractivity contribution in [3.63, 3.8) is 0 Å². The molecule has 1 saturated carbocycles. The Morgan fingerprint density at radius 3 is 2.47 bits per heavy atom. The van der Waals surface area contributed by atoms with E-state index in [9.17, 15) is 0 Å². The molecule has 1 rings (SSSR count). The Morgan fingerprint density at radius 1 is 1.33 bits per heavy atom. The fourth-order valence-electron chi connectivity index (χ4n) is 2.29.